The molecule has 0 heterocycles. The number of methoxy groups -OCH3 is 1. The second kappa shape index (κ2) is 6.42. The molecule has 0 saturated heterocycles. The molecular formula is C17H27NO. The van der Waals surface area contributed by atoms with Crippen LogP contribution in [0.2, 0.25) is 0 Å². The van der Waals surface area contributed by atoms with Crippen molar-refractivity contribution in [1.29, 1.82) is 0 Å². The standard InChI is InChI=1S/C17H27NO/c1-12-5-4-6-14(9-12)16(18)11-15-10-13(2)7-8-17(15)19-3/h7-8,10,12,14,16H,4-6,9,11,18H2,1-3H3. The Morgan fingerprint density at radius 2 is 2.16 bits per heavy atom. The lowest BCUT2D eigenvalue weighted by Crippen LogP contribution is -2.35. The zero-order valence-electron chi connectivity index (χ0n) is 12.5. The van der Waals surface area contributed by atoms with Gasteiger partial charge in [0.2, 0.25) is 0 Å². The van der Waals surface area contributed by atoms with Gasteiger partial charge in [0.1, 0.15) is 5.75 Å². The Hall–Kier alpha value is -1.02. The number of nitrogens with two attached hydrogens (primary N) is 1. The van der Waals surface area contributed by atoms with Crippen molar-refractivity contribution in [2.45, 2.75) is 52.0 Å². The fourth-order valence-corrected chi connectivity index (χ4v) is 3.36. The predicted octanol–water partition coefficient (Wildman–Crippen LogP) is 3.70. The van der Waals surface area contributed by atoms with E-state index in [0.29, 0.717) is 5.92 Å². The van der Waals surface area contributed by atoms with Crippen LogP contribution >= 0.6 is 0 Å². The molecule has 2 rings (SSSR count). The first-order valence-electron chi connectivity index (χ1n) is 7.49. The minimum Gasteiger partial charge on any atom is -0.496 e. The maximum absolute atomic E-state index is 6.46. The van der Waals surface area contributed by atoms with Gasteiger partial charge in [0, 0.05) is 6.04 Å². The van der Waals surface area contributed by atoms with Crippen molar-refractivity contribution in [2.24, 2.45) is 17.6 Å². The van der Waals surface area contributed by atoms with Gasteiger partial charge in [0.25, 0.3) is 0 Å². The van der Waals surface area contributed by atoms with E-state index in [1.54, 1.807) is 7.11 Å². The summed E-state index contributed by atoms with van der Waals surface area (Å²) < 4.78 is 5.45. The highest BCUT2D eigenvalue weighted by Gasteiger charge is 2.25. The van der Waals surface area contributed by atoms with Gasteiger partial charge in [-0.05, 0) is 49.7 Å². The minimum absolute atomic E-state index is 0.262. The third-order valence-corrected chi connectivity index (χ3v) is 4.47. The number of rotatable bonds is 4. The van der Waals surface area contributed by atoms with Crippen LogP contribution in [-0.4, -0.2) is 13.2 Å². The molecule has 1 saturated carbocycles. The number of hydrogen-bond acceptors (Lipinski definition) is 2. The number of benzene rings is 1. The molecule has 19 heavy (non-hydrogen) atoms. The van der Waals surface area contributed by atoms with Gasteiger partial charge in [-0.15, -0.1) is 0 Å². The molecule has 1 aliphatic carbocycles. The van der Waals surface area contributed by atoms with E-state index >= 15 is 0 Å². The maximum Gasteiger partial charge on any atom is 0.122 e. The van der Waals surface area contributed by atoms with E-state index in [1.165, 1.54) is 36.8 Å². The summed E-state index contributed by atoms with van der Waals surface area (Å²) in [5, 5.41) is 0. The van der Waals surface area contributed by atoms with Gasteiger partial charge in [-0.25, -0.2) is 0 Å². The highest BCUT2D eigenvalue weighted by Crippen LogP contribution is 2.32. The number of ether oxygens (including phenoxy) is 1. The summed E-state index contributed by atoms with van der Waals surface area (Å²) in [6.07, 6.45) is 6.22. The molecule has 106 valence electrons. The summed E-state index contributed by atoms with van der Waals surface area (Å²) in [5.41, 5.74) is 9.00. The summed E-state index contributed by atoms with van der Waals surface area (Å²) in [5.74, 6) is 2.49. The Morgan fingerprint density at radius 3 is 2.84 bits per heavy atom. The lowest BCUT2D eigenvalue weighted by Gasteiger charge is -2.31. The van der Waals surface area contributed by atoms with Crippen molar-refractivity contribution >= 4 is 0 Å². The zero-order valence-corrected chi connectivity index (χ0v) is 12.5. The van der Waals surface area contributed by atoms with Gasteiger partial charge in [-0.1, -0.05) is 37.5 Å². The Kier molecular flexibility index (Phi) is 4.87. The Bertz CT molecular complexity index is 416. The Labute approximate surface area is 117 Å². The molecule has 0 aromatic heterocycles. The van der Waals surface area contributed by atoms with Crippen molar-refractivity contribution in [1.82, 2.24) is 0 Å². The van der Waals surface area contributed by atoms with Crippen LogP contribution in [0.3, 0.4) is 0 Å². The smallest absolute Gasteiger partial charge is 0.122 e. The molecule has 0 radical (unpaired) electrons. The van der Waals surface area contributed by atoms with E-state index in [-0.39, 0.29) is 6.04 Å². The minimum atomic E-state index is 0.262. The first-order valence-corrected chi connectivity index (χ1v) is 7.49. The van der Waals surface area contributed by atoms with Crippen LogP contribution in [0.1, 0.15) is 43.7 Å². The molecular weight excluding hydrogens is 234 g/mol. The molecule has 1 aliphatic rings. The first kappa shape index (κ1) is 14.4. The Morgan fingerprint density at radius 1 is 1.37 bits per heavy atom. The third-order valence-electron chi connectivity index (χ3n) is 4.47. The normalized spacial score (nSPS) is 25.1. The number of aryl methyl sites for hydroxylation is 1. The summed E-state index contributed by atoms with van der Waals surface area (Å²) in [6.45, 7) is 4.48. The molecule has 3 unspecified atom stereocenters. The SMILES string of the molecule is COc1ccc(C)cc1CC(N)C1CCCC(C)C1. The maximum atomic E-state index is 6.46. The van der Waals surface area contributed by atoms with Crippen LogP contribution in [0.4, 0.5) is 0 Å². The zero-order chi connectivity index (χ0) is 13.8. The van der Waals surface area contributed by atoms with Crippen molar-refractivity contribution in [3.63, 3.8) is 0 Å². The topological polar surface area (TPSA) is 35.2 Å². The molecule has 0 amide bonds. The van der Waals surface area contributed by atoms with E-state index in [2.05, 4.69) is 32.0 Å². The second-order valence-corrected chi connectivity index (χ2v) is 6.22. The molecule has 0 bridgehead atoms. The summed E-state index contributed by atoms with van der Waals surface area (Å²) in [7, 11) is 1.74. The van der Waals surface area contributed by atoms with E-state index in [9.17, 15) is 0 Å². The fourth-order valence-electron chi connectivity index (χ4n) is 3.36. The van der Waals surface area contributed by atoms with Crippen molar-refractivity contribution in [2.75, 3.05) is 7.11 Å². The van der Waals surface area contributed by atoms with Gasteiger partial charge in [0.15, 0.2) is 0 Å². The molecule has 0 spiro atoms. The van der Waals surface area contributed by atoms with Crippen molar-refractivity contribution < 1.29 is 4.74 Å². The van der Waals surface area contributed by atoms with Crippen LogP contribution < -0.4 is 10.5 Å². The summed E-state index contributed by atoms with van der Waals surface area (Å²) in [6, 6.07) is 6.63. The van der Waals surface area contributed by atoms with Crippen LogP contribution in [0.15, 0.2) is 18.2 Å². The quantitative estimate of drug-likeness (QED) is 0.897. The van der Waals surface area contributed by atoms with Crippen LogP contribution in [0, 0.1) is 18.8 Å². The molecule has 2 N–H and O–H groups in total. The average Bonchev–Trinajstić information content (AvgIpc) is 2.39. The van der Waals surface area contributed by atoms with Crippen molar-refractivity contribution in [3.05, 3.63) is 29.3 Å². The molecule has 2 heteroatoms. The summed E-state index contributed by atoms with van der Waals surface area (Å²) in [4.78, 5) is 0. The first-order chi connectivity index (χ1) is 9.10. The highest BCUT2D eigenvalue weighted by molar-refractivity contribution is 5.37. The molecule has 1 aromatic carbocycles. The molecule has 1 fully saturated rings. The Balaban J connectivity index is 2.05. The average molecular weight is 261 g/mol. The lowest BCUT2D eigenvalue weighted by molar-refractivity contribution is 0.244. The van der Waals surface area contributed by atoms with E-state index < -0.39 is 0 Å². The molecule has 2 nitrogen and oxygen atoms in total. The summed E-state index contributed by atoms with van der Waals surface area (Å²) >= 11 is 0. The van der Waals surface area contributed by atoms with Gasteiger partial charge >= 0.3 is 0 Å². The van der Waals surface area contributed by atoms with Gasteiger partial charge in [-0.2, -0.15) is 0 Å². The largest absolute Gasteiger partial charge is 0.496 e. The second-order valence-electron chi connectivity index (χ2n) is 6.22. The van der Waals surface area contributed by atoms with E-state index in [1.807, 2.05) is 0 Å². The van der Waals surface area contributed by atoms with Crippen molar-refractivity contribution in [3.8, 4) is 5.75 Å². The number of hydrogen-bond donors (Lipinski definition) is 1. The molecule has 3 atom stereocenters. The van der Waals surface area contributed by atoms with Gasteiger partial charge < -0.3 is 10.5 Å². The molecule has 0 aliphatic heterocycles. The van der Waals surface area contributed by atoms with Crippen LogP contribution in [0.25, 0.3) is 0 Å². The van der Waals surface area contributed by atoms with Crippen LogP contribution in [0.5, 0.6) is 5.75 Å². The monoisotopic (exact) mass is 261 g/mol. The lowest BCUT2D eigenvalue weighted by atomic mass is 9.77. The van der Waals surface area contributed by atoms with E-state index in [0.717, 1.165) is 18.1 Å². The third kappa shape index (κ3) is 3.73. The van der Waals surface area contributed by atoms with Gasteiger partial charge in [-0.3, -0.25) is 0 Å². The predicted molar refractivity (Wildman–Crippen MR) is 80.5 cm³/mol. The van der Waals surface area contributed by atoms with E-state index in [4.69, 9.17) is 10.5 Å². The fraction of sp³-hybridized carbons (Fsp3) is 0.647. The van der Waals surface area contributed by atoms with Crippen LogP contribution in [-0.2, 0) is 6.42 Å². The van der Waals surface area contributed by atoms with Gasteiger partial charge in [0.05, 0.1) is 7.11 Å². The molecule has 1 aromatic rings. The highest BCUT2D eigenvalue weighted by atomic mass is 16.5.